The topological polar surface area (TPSA) is 83.1 Å². The third-order valence-corrected chi connectivity index (χ3v) is 4.66. The largest absolute Gasteiger partial charge is 0.494 e. The first kappa shape index (κ1) is 21.5. The maximum Gasteiger partial charge on any atom is 0.338 e. The van der Waals surface area contributed by atoms with Gasteiger partial charge in [-0.1, -0.05) is 25.8 Å². The quantitative estimate of drug-likeness (QED) is 0.471. The van der Waals surface area contributed by atoms with Crippen LogP contribution in [0.2, 0.25) is 0 Å². The zero-order valence-corrected chi connectivity index (χ0v) is 17.3. The van der Waals surface area contributed by atoms with Gasteiger partial charge in [0.2, 0.25) is 6.79 Å². The van der Waals surface area contributed by atoms with E-state index in [0.717, 1.165) is 24.8 Å². The van der Waals surface area contributed by atoms with Gasteiger partial charge >= 0.3 is 5.97 Å². The molecule has 0 saturated heterocycles. The lowest BCUT2D eigenvalue weighted by molar-refractivity contribution is -0.129. The van der Waals surface area contributed by atoms with Crippen molar-refractivity contribution in [2.45, 2.75) is 45.8 Å². The summed E-state index contributed by atoms with van der Waals surface area (Å²) in [5, 5.41) is 2.76. The second-order valence-corrected chi connectivity index (χ2v) is 7.03. The van der Waals surface area contributed by atoms with Gasteiger partial charge in [0, 0.05) is 6.54 Å². The van der Waals surface area contributed by atoms with Crippen LogP contribution in [0.1, 0.15) is 49.0 Å². The van der Waals surface area contributed by atoms with Crippen LogP contribution in [0.25, 0.3) is 0 Å². The summed E-state index contributed by atoms with van der Waals surface area (Å²) in [6, 6.07) is 12.2. The lowest BCUT2D eigenvalue weighted by Gasteiger charge is -2.14. The number of hydrogen-bond donors (Lipinski definition) is 1. The summed E-state index contributed by atoms with van der Waals surface area (Å²) in [7, 11) is 0. The molecule has 160 valence electrons. The third kappa shape index (κ3) is 5.89. The van der Waals surface area contributed by atoms with E-state index in [1.165, 1.54) is 6.92 Å². The molecule has 1 aliphatic rings. The minimum Gasteiger partial charge on any atom is -0.494 e. The summed E-state index contributed by atoms with van der Waals surface area (Å²) < 4.78 is 21.5. The van der Waals surface area contributed by atoms with Crippen LogP contribution in [-0.2, 0) is 16.1 Å². The molecule has 0 spiro atoms. The number of fused-ring (bicyclic) bond motifs is 1. The number of carbonyl (C=O) groups excluding carboxylic acids is 2. The molecule has 0 radical (unpaired) electrons. The molecule has 1 aliphatic heterocycles. The Hall–Kier alpha value is -3.22. The molecule has 7 nitrogen and oxygen atoms in total. The van der Waals surface area contributed by atoms with E-state index in [0.29, 0.717) is 36.0 Å². The van der Waals surface area contributed by atoms with Crippen LogP contribution < -0.4 is 19.5 Å². The molecule has 30 heavy (non-hydrogen) atoms. The zero-order chi connectivity index (χ0) is 21.3. The second-order valence-electron chi connectivity index (χ2n) is 7.03. The van der Waals surface area contributed by atoms with Crippen LogP contribution in [0.15, 0.2) is 42.5 Å². The first-order valence-corrected chi connectivity index (χ1v) is 10.2. The second kappa shape index (κ2) is 10.5. The van der Waals surface area contributed by atoms with E-state index >= 15 is 0 Å². The predicted octanol–water partition coefficient (Wildman–Crippen LogP) is 3.85. The van der Waals surface area contributed by atoms with E-state index in [1.807, 2.05) is 12.1 Å². The molecule has 0 aromatic heterocycles. The monoisotopic (exact) mass is 413 g/mol. The van der Waals surface area contributed by atoms with Gasteiger partial charge in [0.15, 0.2) is 17.6 Å². The summed E-state index contributed by atoms with van der Waals surface area (Å²) in [5.41, 5.74) is 1.23. The van der Waals surface area contributed by atoms with Crippen LogP contribution in [0, 0.1) is 0 Å². The Kier molecular flexibility index (Phi) is 7.54. The fraction of sp³-hybridized carbons (Fsp3) is 0.391. The van der Waals surface area contributed by atoms with Crippen molar-refractivity contribution < 1.29 is 28.5 Å². The fourth-order valence-corrected chi connectivity index (χ4v) is 2.90. The molecule has 0 fully saturated rings. The van der Waals surface area contributed by atoms with E-state index < -0.39 is 12.1 Å². The number of rotatable bonds is 10. The number of ether oxygens (including phenoxy) is 4. The minimum atomic E-state index is -0.920. The molecular formula is C23H27NO6. The Bertz CT molecular complexity index is 864. The molecule has 0 saturated carbocycles. The molecule has 1 heterocycles. The van der Waals surface area contributed by atoms with Gasteiger partial charge in [-0.2, -0.15) is 0 Å². The van der Waals surface area contributed by atoms with Crippen LogP contribution >= 0.6 is 0 Å². The van der Waals surface area contributed by atoms with Crippen molar-refractivity contribution >= 4 is 11.9 Å². The first-order valence-electron chi connectivity index (χ1n) is 10.2. The standard InChI is InChI=1S/C23H27NO6/c1-3-4-5-12-27-19-9-7-18(8-10-19)23(26)30-16(2)22(25)24-14-17-6-11-20-21(13-17)29-15-28-20/h6-11,13,16H,3-5,12,14-15H2,1-2H3,(H,24,25)/t16-/m0/s1. The van der Waals surface area contributed by atoms with Crippen molar-refractivity contribution in [1.29, 1.82) is 0 Å². The highest BCUT2D eigenvalue weighted by Crippen LogP contribution is 2.32. The van der Waals surface area contributed by atoms with Gasteiger partial charge in [0.25, 0.3) is 5.91 Å². The van der Waals surface area contributed by atoms with Crippen LogP contribution in [-0.4, -0.2) is 31.4 Å². The average molecular weight is 413 g/mol. The molecule has 3 rings (SSSR count). The van der Waals surface area contributed by atoms with Gasteiger partial charge in [-0.15, -0.1) is 0 Å². The number of amides is 1. The average Bonchev–Trinajstić information content (AvgIpc) is 3.23. The molecule has 1 amide bonds. The molecule has 2 aromatic carbocycles. The molecule has 0 aliphatic carbocycles. The van der Waals surface area contributed by atoms with Crippen molar-refractivity contribution in [2.24, 2.45) is 0 Å². The van der Waals surface area contributed by atoms with Crippen molar-refractivity contribution in [3.63, 3.8) is 0 Å². The number of hydrogen-bond acceptors (Lipinski definition) is 6. The molecule has 7 heteroatoms. The maximum absolute atomic E-state index is 12.3. The molecule has 0 bridgehead atoms. The van der Waals surface area contributed by atoms with E-state index in [4.69, 9.17) is 18.9 Å². The highest BCUT2D eigenvalue weighted by molar-refractivity contribution is 5.92. The zero-order valence-electron chi connectivity index (χ0n) is 17.3. The number of benzene rings is 2. The Morgan fingerprint density at radius 3 is 2.60 bits per heavy atom. The first-order chi connectivity index (χ1) is 14.6. The summed E-state index contributed by atoms with van der Waals surface area (Å²) in [4.78, 5) is 24.6. The highest BCUT2D eigenvalue weighted by atomic mass is 16.7. The molecule has 2 aromatic rings. The summed E-state index contributed by atoms with van der Waals surface area (Å²) in [5.74, 6) is 1.11. The summed E-state index contributed by atoms with van der Waals surface area (Å²) in [6.07, 6.45) is 2.34. The Morgan fingerprint density at radius 1 is 1.07 bits per heavy atom. The van der Waals surface area contributed by atoms with Crippen LogP contribution in [0.5, 0.6) is 17.2 Å². The van der Waals surface area contributed by atoms with E-state index in [2.05, 4.69) is 12.2 Å². The predicted molar refractivity (Wildman–Crippen MR) is 111 cm³/mol. The SMILES string of the molecule is CCCCCOc1ccc(C(=O)O[C@@H](C)C(=O)NCc2ccc3c(c2)OCO3)cc1. The van der Waals surface area contributed by atoms with Gasteiger partial charge in [-0.25, -0.2) is 4.79 Å². The number of unbranched alkanes of at least 4 members (excludes halogenated alkanes) is 2. The smallest absolute Gasteiger partial charge is 0.338 e. The minimum absolute atomic E-state index is 0.199. The molecular weight excluding hydrogens is 386 g/mol. The Morgan fingerprint density at radius 2 is 1.83 bits per heavy atom. The normalized spacial score (nSPS) is 12.9. The van der Waals surface area contributed by atoms with Gasteiger partial charge < -0.3 is 24.3 Å². The molecule has 0 unspecified atom stereocenters. The van der Waals surface area contributed by atoms with Gasteiger partial charge in [-0.3, -0.25) is 4.79 Å². The Labute approximate surface area is 176 Å². The highest BCUT2D eigenvalue weighted by Gasteiger charge is 2.19. The van der Waals surface area contributed by atoms with Gasteiger partial charge in [0.1, 0.15) is 5.75 Å². The fourth-order valence-electron chi connectivity index (χ4n) is 2.90. The van der Waals surface area contributed by atoms with Gasteiger partial charge in [-0.05, 0) is 55.3 Å². The lowest BCUT2D eigenvalue weighted by Crippen LogP contribution is -2.35. The number of carbonyl (C=O) groups is 2. The summed E-state index contributed by atoms with van der Waals surface area (Å²) in [6.45, 7) is 4.82. The maximum atomic E-state index is 12.3. The van der Waals surface area contributed by atoms with Gasteiger partial charge in [0.05, 0.1) is 12.2 Å². The molecule has 1 atom stereocenters. The van der Waals surface area contributed by atoms with E-state index in [-0.39, 0.29) is 12.7 Å². The van der Waals surface area contributed by atoms with Crippen LogP contribution in [0.4, 0.5) is 0 Å². The van der Waals surface area contributed by atoms with Crippen molar-refractivity contribution in [3.8, 4) is 17.2 Å². The van der Waals surface area contributed by atoms with E-state index in [9.17, 15) is 9.59 Å². The summed E-state index contributed by atoms with van der Waals surface area (Å²) >= 11 is 0. The van der Waals surface area contributed by atoms with Crippen molar-refractivity contribution in [3.05, 3.63) is 53.6 Å². The molecule has 1 N–H and O–H groups in total. The lowest BCUT2D eigenvalue weighted by atomic mass is 10.2. The van der Waals surface area contributed by atoms with Crippen molar-refractivity contribution in [2.75, 3.05) is 13.4 Å². The van der Waals surface area contributed by atoms with Crippen molar-refractivity contribution in [1.82, 2.24) is 5.32 Å². The number of nitrogens with one attached hydrogen (secondary N) is 1. The Balaban J connectivity index is 1.44. The number of esters is 1. The van der Waals surface area contributed by atoms with Crippen LogP contribution in [0.3, 0.4) is 0 Å². The van der Waals surface area contributed by atoms with E-state index in [1.54, 1.807) is 30.3 Å². The third-order valence-electron chi connectivity index (χ3n) is 4.66.